The van der Waals surface area contributed by atoms with Gasteiger partial charge >= 0.3 is 5.97 Å². The van der Waals surface area contributed by atoms with Crippen molar-refractivity contribution in [3.8, 4) is 0 Å². The topological polar surface area (TPSA) is 113 Å². The molecule has 0 saturated carbocycles. The molecule has 0 unspecified atom stereocenters. The average Bonchev–Trinajstić information content (AvgIpc) is 2.06. The molecule has 0 aliphatic carbocycles. The summed E-state index contributed by atoms with van der Waals surface area (Å²) in [6, 6.07) is 6.36. The summed E-state index contributed by atoms with van der Waals surface area (Å²) in [6.07, 6.45) is 0.750. The highest BCUT2D eigenvalue weighted by Gasteiger charge is 2.03. The van der Waals surface area contributed by atoms with Crippen LogP contribution in [0.2, 0.25) is 0 Å². The zero-order valence-corrected chi connectivity index (χ0v) is 6.90. The number of nitrogen functional groups attached to an aromatic ring is 1. The standard InChI is InChI=1S/C7H7NO2.CH4N2/c8-6-4-2-1-3-5(6)7(9)10;2-1-3/h1-4H,8H2,(H,9,10);1H,(H3,2,3). The monoisotopic (exact) mass is 181 g/mol. The third-order valence-electron chi connectivity index (χ3n) is 1.19. The van der Waals surface area contributed by atoms with E-state index in [9.17, 15) is 4.79 Å². The molecule has 13 heavy (non-hydrogen) atoms. The van der Waals surface area contributed by atoms with Gasteiger partial charge in [0.2, 0.25) is 0 Å². The molecule has 5 nitrogen and oxygen atoms in total. The SMILES string of the molecule is N=CN.Nc1ccccc1C(=O)O. The number of nitrogens with one attached hydrogen (secondary N) is 1. The van der Waals surface area contributed by atoms with Crippen LogP contribution in [0.3, 0.4) is 0 Å². The van der Waals surface area contributed by atoms with Gasteiger partial charge in [-0.1, -0.05) is 12.1 Å². The lowest BCUT2D eigenvalue weighted by Gasteiger charge is -1.96. The van der Waals surface area contributed by atoms with E-state index in [-0.39, 0.29) is 5.56 Å². The third-order valence-corrected chi connectivity index (χ3v) is 1.19. The van der Waals surface area contributed by atoms with Crippen LogP contribution in [-0.4, -0.2) is 17.4 Å². The molecule has 0 atom stereocenters. The molecule has 0 fully saturated rings. The molecule has 0 aliphatic rings. The Bertz CT molecular complexity index is 299. The van der Waals surface area contributed by atoms with Crippen molar-refractivity contribution in [1.82, 2.24) is 0 Å². The number of carboxylic acids is 1. The first-order valence-electron chi connectivity index (χ1n) is 3.42. The van der Waals surface area contributed by atoms with E-state index in [2.05, 4.69) is 5.73 Å². The number of anilines is 1. The van der Waals surface area contributed by atoms with Gasteiger partial charge in [0.25, 0.3) is 0 Å². The van der Waals surface area contributed by atoms with Gasteiger partial charge in [0, 0.05) is 5.69 Å². The van der Waals surface area contributed by atoms with Crippen LogP contribution in [0, 0.1) is 5.41 Å². The maximum absolute atomic E-state index is 10.3. The Labute approximate surface area is 75.5 Å². The van der Waals surface area contributed by atoms with E-state index in [1.165, 1.54) is 6.07 Å². The van der Waals surface area contributed by atoms with E-state index in [1.54, 1.807) is 18.2 Å². The van der Waals surface area contributed by atoms with Gasteiger partial charge in [-0.05, 0) is 12.1 Å². The molecule has 0 aromatic heterocycles. The Balaban J connectivity index is 0.000000424. The van der Waals surface area contributed by atoms with Crippen molar-refractivity contribution < 1.29 is 9.90 Å². The number of aromatic carboxylic acids is 1. The van der Waals surface area contributed by atoms with Crippen LogP contribution < -0.4 is 11.5 Å². The molecule has 0 heterocycles. The quantitative estimate of drug-likeness (QED) is 0.287. The Hall–Kier alpha value is -2.04. The Morgan fingerprint density at radius 1 is 1.46 bits per heavy atom. The van der Waals surface area contributed by atoms with Gasteiger partial charge in [-0.3, -0.25) is 5.41 Å². The van der Waals surface area contributed by atoms with E-state index >= 15 is 0 Å². The normalized spacial score (nSPS) is 8.00. The molecule has 1 aromatic carbocycles. The van der Waals surface area contributed by atoms with Crippen molar-refractivity contribution in [2.45, 2.75) is 0 Å². The molecule has 70 valence electrons. The minimum atomic E-state index is -0.988. The van der Waals surface area contributed by atoms with Crippen LogP contribution in [-0.2, 0) is 0 Å². The molecular weight excluding hydrogens is 170 g/mol. The molecule has 0 amide bonds. The largest absolute Gasteiger partial charge is 0.478 e. The summed E-state index contributed by atoms with van der Waals surface area (Å²) in [5.41, 5.74) is 10.2. The van der Waals surface area contributed by atoms with Gasteiger partial charge in [-0.2, -0.15) is 0 Å². The van der Waals surface area contributed by atoms with Crippen LogP contribution in [0.1, 0.15) is 10.4 Å². The van der Waals surface area contributed by atoms with Crippen molar-refractivity contribution in [3.05, 3.63) is 29.8 Å². The van der Waals surface area contributed by atoms with Gasteiger partial charge in [0.1, 0.15) is 0 Å². The van der Waals surface area contributed by atoms with Crippen LogP contribution >= 0.6 is 0 Å². The summed E-state index contributed by atoms with van der Waals surface area (Å²) in [5, 5.41) is 14.3. The molecule has 0 aliphatic heterocycles. The maximum Gasteiger partial charge on any atom is 0.337 e. The fourth-order valence-electron chi connectivity index (χ4n) is 0.692. The average molecular weight is 181 g/mol. The molecule has 1 aromatic rings. The second-order valence-electron chi connectivity index (χ2n) is 2.06. The Morgan fingerprint density at radius 3 is 2.23 bits per heavy atom. The maximum atomic E-state index is 10.3. The number of carboxylic acid groups (broad SMARTS) is 1. The summed E-state index contributed by atoms with van der Waals surface area (Å²) in [6.45, 7) is 0. The summed E-state index contributed by atoms with van der Waals surface area (Å²) in [5.74, 6) is -0.988. The lowest BCUT2D eigenvalue weighted by atomic mass is 10.2. The van der Waals surface area contributed by atoms with Crippen LogP contribution in [0.5, 0.6) is 0 Å². The number of benzene rings is 1. The zero-order chi connectivity index (χ0) is 10.3. The van der Waals surface area contributed by atoms with Crippen LogP contribution in [0.4, 0.5) is 5.69 Å². The van der Waals surface area contributed by atoms with Crippen molar-refractivity contribution in [1.29, 1.82) is 5.41 Å². The fraction of sp³-hybridized carbons (Fsp3) is 0. The summed E-state index contributed by atoms with van der Waals surface area (Å²) in [7, 11) is 0. The van der Waals surface area contributed by atoms with Gasteiger partial charge < -0.3 is 16.6 Å². The zero-order valence-electron chi connectivity index (χ0n) is 6.90. The van der Waals surface area contributed by atoms with E-state index in [0.29, 0.717) is 5.69 Å². The second kappa shape index (κ2) is 5.59. The minimum absolute atomic E-state index is 0.155. The summed E-state index contributed by atoms with van der Waals surface area (Å²) >= 11 is 0. The molecule has 1 rings (SSSR count). The smallest absolute Gasteiger partial charge is 0.337 e. The third kappa shape index (κ3) is 3.76. The Morgan fingerprint density at radius 2 is 1.92 bits per heavy atom. The molecule has 0 radical (unpaired) electrons. The first-order valence-corrected chi connectivity index (χ1v) is 3.42. The van der Waals surface area contributed by atoms with Crippen molar-refractivity contribution in [2.24, 2.45) is 5.73 Å². The van der Waals surface area contributed by atoms with E-state index in [4.69, 9.17) is 16.2 Å². The lowest BCUT2D eigenvalue weighted by Crippen LogP contribution is -2.00. The van der Waals surface area contributed by atoms with Gasteiger partial charge in [0.05, 0.1) is 11.9 Å². The predicted octanol–water partition coefficient (Wildman–Crippen LogP) is 0.519. The number of hydrogen-bond acceptors (Lipinski definition) is 3. The van der Waals surface area contributed by atoms with E-state index < -0.39 is 5.97 Å². The van der Waals surface area contributed by atoms with E-state index in [0.717, 1.165) is 6.34 Å². The molecule has 0 spiro atoms. The Kier molecular flexibility index (Phi) is 4.71. The van der Waals surface area contributed by atoms with Gasteiger partial charge in [-0.15, -0.1) is 0 Å². The molecule has 0 bridgehead atoms. The number of para-hydroxylation sites is 1. The van der Waals surface area contributed by atoms with E-state index in [1.807, 2.05) is 0 Å². The number of carbonyl (C=O) groups is 1. The molecular formula is C8H11N3O2. The summed E-state index contributed by atoms with van der Waals surface area (Å²) in [4.78, 5) is 10.3. The predicted molar refractivity (Wildman–Crippen MR) is 50.8 cm³/mol. The number of hydrogen-bond donors (Lipinski definition) is 4. The second-order valence-corrected chi connectivity index (χ2v) is 2.06. The highest BCUT2D eigenvalue weighted by atomic mass is 16.4. The molecule has 0 saturated heterocycles. The first kappa shape index (κ1) is 11.0. The molecule has 5 heteroatoms. The minimum Gasteiger partial charge on any atom is -0.478 e. The van der Waals surface area contributed by atoms with Crippen molar-refractivity contribution in [3.63, 3.8) is 0 Å². The van der Waals surface area contributed by atoms with Crippen molar-refractivity contribution >= 4 is 18.0 Å². The van der Waals surface area contributed by atoms with Crippen LogP contribution in [0.15, 0.2) is 24.3 Å². The highest BCUT2D eigenvalue weighted by molar-refractivity contribution is 5.93. The fourth-order valence-corrected chi connectivity index (χ4v) is 0.692. The lowest BCUT2D eigenvalue weighted by molar-refractivity contribution is 0.0698. The highest BCUT2D eigenvalue weighted by Crippen LogP contribution is 2.08. The van der Waals surface area contributed by atoms with Gasteiger partial charge in [-0.25, -0.2) is 4.79 Å². The summed E-state index contributed by atoms with van der Waals surface area (Å²) < 4.78 is 0. The van der Waals surface area contributed by atoms with Gasteiger partial charge in [0.15, 0.2) is 0 Å². The number of nitrogens with two attached hydrogens (primary N) is 2. The van der Waals surface area contributed by atoms with Crippen molar-refractivity contribution in [2.75, 3.05) is 5.73 Å². The first-order chi connectivity index (χ1) is 6.13. The van der Waals surface area contributed by atoms with Crippen LogP contribution in [0.25, 0.3) is 0 Å². The molecule has 6 N–H and O–H groups in total. The number of rotatable bonds is 1.